The molecule has 0 aromatic carbocycles. The lowest BCUT2D eigenvalue weighted by molar-refractivity contribution is -0.142. The van der Waals surface area contributed by atoms with Gasteiger partial charge in [-0.1, -0.05) is 18.5 Å². The van der Waals surface area contributed by atoms with Crippen LogP contribution in [0, 0.1) is 0 Å². The number of hydrogen-bond donors (Lipinski definition) is 0. The van der Waals surface area contributed by atoms with Crippen molar-refractivity contribution in [3.05, 3.63) is 35.2 Å². The molecule has 6 heteroatoms. The summed E-state index contributed by atoms with van der Waals surface area (Å²) in [5, 5.41) is 0.665. The molecule has 0 radical (unpaired) electrons. The monoisotopic (exact) mass is 281 g/mol. The summed E-state index contributed by atoms with van der Waals surface area (Å²) in [6.45, 7) is 3.62. The van der Waals surface area contributed by atoms with Gasteiger partial charge in [-0.05, 0) is 18.7 Å². The van der Waals surface area contributed by atoms with Crippen LogP contribution in [0.1, 0.15) is 12.6 Å². The second-order valence-electron chi connectivity index (χ2n) is 4.22. The molecule has 102 valence electrons. The third-order valence-corrected chi connectivity index (χ3v) is 3.10. The Bertz CT molecular complexity index is 582. The smallest absolute Gasteiger partial charge is 0.319 e. The third-order valence-electron chi connectivity index (χ3n) is 2.88. The number of hydrogen-bond acceptors (Lipinski definition) is 4. The first-order valence-electron chi connectivity index (χ1n) is 6.04. The van der Waals surface area contributed by atoms with Crippen LogP contribution in [0.4, 0.5) is 0 Å². The molecule has 5 nitrogen and oxygen atoms in total. The van der Waals surface area contributed by atoms with E-state index in [4.69, 9.17) is 11.6 Å². The minimum Gasteiger partial charge on any atom is -0.468 e. The summed E-state index contributed by atoms with van der Waals surface area (Å²) in [7, 11) is 1.39. The lowest BCUT2D eigenvalue weighted by atomic mass is 10.4. The second-order valence-corrected chi connectivity index (χ2v) is 4.66. The molecule has 0 aliphatic carbocycles. The van der Waals surface area contributed by atoms with Crippen LogP contribution < -0.4 is 0 Å². The molecule has 0 saturated carbocycles. The van der Waals surface area contributed by atoms with Crippen molar-refractivity contribution in [2.45, 2.75) is 13.5 Å². The number of carbonyl (C=O) groups is 1. The van der Waals surface area contributed by atoms with Crippen LogP contribution in [0.15, 0.2) is 24.5 Å². The molecule has 0 aliphatic rings. The number of likely N-dealkylation sites (N-methyl/N-ethyl adjacent to an activating group) is 1. The first-order chi connectivity index (χ1) is 9.12. The van der Waals surface area contributed by atoms with Gasteiger partial charge < -0.3 is 9.14 Å². The second kappa shape index (κ2) is 6.04. The van der Waals surface area contributed by atoms with Gasteiger partial charge in [-0.2, -0.15) is 0 Å². The highest BCUT2D eigenvalue weighted by atomic mass is 35.5. The van der Waals surface area contributed by atoms with Crippen molar-refractivity contribution < 1.29 is 9.53 Å². The van der Waals surface area contributed by atoms with Crippen molar-refractivity contribution in [2.24, 2.45) is 0 Å². The molecule has 0 N–H and O–H groups in total. The van der Waals surface area contributed by atoms with E-state index in [1.165, 1.54) is 7.11 Å². The Kier molecular flexibility index (Phi) is 4.39. The van der Waals surface area contributed by atoms with E-state index in [0.717, 1.165) is 17.9 Å². The van der Waals surface area contributed by atoms with E-state index >= 15 is 0 Å². The number of nitrogens with zero attached hydrogens (tertiary/aromatic N) is 3. The molecule has 0 saturated heterocycles. The number of carbonyl (C=O) groups excluding carboxylic acids is 1. The van der Waals surface area contributed by atoms with E-state index in [2.05, 4.69) is 9.72 Å². The molecule has 2 rings (SSSR count). The zero-order valence-electron chi connectivity index (χ0n) is 11.0. The topological polar surface area (TPSA) is 46.8 Å². The molecule has 0 unspecified atom stereocenters. The maximum absolute atomic E-state index is 11.3. The Morgan fingerprint density at radius 1 is 1.47 bits per heavy atom. The van der Waals surface area contributed by atoms with Crippen molar-refractivity contribution in [3.8, 4) is 0 Å². The summed E-state index contributed by atoms with van der Waals surface area (Å²) in [5.74, 6) is -0.242. The molecule has 0 aliphatic heterocycles. The summed E-state index contributed by atoms with van der Waals surface area (Å²) in [4.78, 5) is 17.7. The number of methoxy groups -OCH3 is 1. The van der Waals surface area contributed by atoms with E-state index in [9.17, 15) is 4.79 Å². The average Bonchev–Trinajstić information content (AvgIpc) is 2.79. The molecule has 0 bridgehead atoms. The molecule has 0 atom stereocenters. The van der Waals surface area contributed by atoms with Crippen molar-refractivity contribution in [1.29, 1.82) is 0 Å². The Morgan fingerprint density at radius 3 is 2.95 bits per heavy atom. The third kappa shape index (κ3) is 3.45. The van der Waals surface area contributed by atoms with Gasteiger partial charge in [0.2, 0.25) is 0 Å². The van der Waals surface area contributed by atoms with Gasteiger partial charge in [0.25, 0.3) is 0 Å². The van der Waals surface area contributed by atoms with Gasteiger partial charge in [-0.15, -0.1) is 0 Å². The molecular formula is C13H16ClN3O2. The molecule has 2 aromatic heterocycles. The fourth-order valence-corrected chi connectivity index (χ4v) is 2.02. The van der Waals surface area contributed by atoms with Crippen molar-refractivity contribution in [1.82, 2.24) is 14.3 Å². The number of aromatic nitrogens is 2. The van der Waals surface area contributed by atoms with Crippen molar-refractivity contribution >= 4 is 23.2 Å². The van der Waals surface area contributed by atoms with Gasteiger partial charge in [0.15, 0.2) is 0 Å². The number of halogens is 1. The van der Waals surface area contributed by atoms with Gasteiger partial charge in [-0.3, -0.25) is 9.69 Å². The van der Waals surface area contributed by atoms with Crippen LogP contribution in [-0.4, -0.2) is 40.5 Å². The zero-order valence-corrected chi connectivity index (χ0v) is 11.7. The fourth-order valence-electron chi connectivity index (χ4n) is 1.85. The van der Waals surface area contributed by atoms with Crippen LogP contribution in [0.5, 0.6) is 0 Å². The van der Waals surface area contributed by atoms with Gasteiger partial charge in [-0.25, -0.2) is 4.98 Å². The quantitative estimate of drug-likeness (QED) is 0.787. The SMILES string of the molecule is CCN(CC(=O)OC)Cc1cn2cc(Cl)ccc2n1. The molecular weight excluding hydrogens is 266 g/mol. The molecule has 2 aromatic rings. The van der Waals surface area contributed by atoms with E-state index in [-0.39, 0.29) is 12.5 Å². The van der Waals surface area contributed by atoms with Crippen LogP contribution in [0.25, 0.3) is 5.65 Å². The number of rotatable bonds is 5. The zero-order chi connectivity index (χ0) is 13.8. The van der Waals surface area contributed by atoms with E-state index in [1.54, 1.807) is 6.07 Å². The standard InChI is InChI=1S/C13H16ClN3O2/c1-3-16(9-13(18)19-2)7-11-8-17-6-10(14)4-5-12(17)15-11/h4-6,8H,3,7,9H2,1-2H3. The Balaban J connectivity index is 2.13. The predicted molar refractivity (Wildman–Crippen MR) is 73.2 cm³/mol. The van der Waals surface area contributed by atoms with E-state index in [1.807, 2.05) is 34.7 Å². The van der Waals surface area contributed by atoms with Crippen LogP contribution in [-0.2, 0) is 16.1 Å². The van der Waals surface area contributed by atoms with Crippen molar-refractivity contribution in [2.75, 3.05) is 20.2 Å². The maximum Gasteiger partial charge on any atom is 0.319 e. The largest absolute Gasteiger partial charge is 0.468 e. The summed E-state index contributed by atoms with van der Waals surface area (Å²) in [5.41, 5.74) is 1.74. The number of fused-ring (bicyclic) bond motifs is 1. The highest BCUT2D eigenvalue weighted by Crippen LogP contribution is 2.12. The number of ether oxygens (including phenoxy) is 1. The first kappa shape index (κ1) is 13.8. The number of pyridine rings is 1. The summed E-state index contributed by atoms with van der Waals surface area (Å²) in [6.07, 6.45) is 3.73. The average molecular weight is 282 g/mol. The normalized spacial score (nSPS) is 11.2. The Hall–Kier alpha value is -1.59. The Labute approximate surface area is 116 Å². The van der Waals surface area contributed by atoms with Gasteiger partial charge in [0.05, 0.1) is 24.4 Å². The minimum atomic E-state index is -0.242. The highest BCUT2D eigenvalue weighted by molar-refractivity contribution is 6.30. The molecule has 0 amide bonds. The van der Waals surface area contributed by atoms with Crippen molar-refractivity contribution in [3.63, 3.8) is 0 Å². The van der Waals surface area contributed by atoms with Gasteiger partial charge in [0, 0.05) is 18.9 Å². The van der Waals surface area contributed by atoms with Crippen LogP contribution in [0.2, 0.25) is 5.02 Å². The summed E-state index contributed by atoms with van der Waals surface area (Å²) >= 11 is 5.93. The number of esters is 1. The van der Waals surface area contributed by atoms with E-state index in [0.29, 0.717) is 11.6 Å². The van der Waals surface area contributed by atoms with Gasteiger partial charge >= 0.3 is 5.97 Å². The predicted octanol–water partition coefficient (Wildman–Crippen LogP) is 1.98. The summed E-state index contributed by atoms with van der Waals surface area (Å²) < 4.78 is 6.55. The first-order valence-corrected chi connectivity index (χ1v) is 6.42. The van der Waals surface area contributed by atoms with E-state index < -0.39 is 0 Å². The van der Waals surface area contributed by atoms with Gasteiger partial charge in [0.1, 0.15) is 5.65 Å². The molecule has 0 fully saturated rings. The lowest BCUT2D eigenvalue weighted by Crippen LogP contribution is -2.30. The summed E-state index contributed by atoms with van der Waals surface area (Å²) in [6, 6.07) is 3.67. The fraction of sp³-hybridized carbons (Fsp3) is 0.385. The number of imidazole rings is 1. The van der Waals surface area contributed by atoms with Crippen LogP contribution >= 0.6 is 11.6 Å². The molecule has 2 heterocycles. The van der Waals surface area contributed by atoms with Crippen LogP contribution in [0.3, 0.4) is 0 Å². The molecule has 0 spiro atoms. The maximum atomic E-state index is 11.3. The minimum absolute atomic E-state index is 0.242. The highest BCUT2D eigenvalue weighted by Gasteiger charge is 2.11. The lowest BCUT2D eigenvalue weighted by Gasteiger charge is -2.17. The Morgan fingerprint density at radius 2 is 2.26 bits per heavy atom. The molecule has 19 heavy (non-hydrogen) atoms.